The van der Waals surface area contributed by atoms with Crippen LogP contribution in [-0.4, -0.2) is 19.4 Å². The van der Waals surface area contributed by atoms with Crippen molar-refractivity contribution in [2.45, 2.75) is 37.1 Å². The molecule has 4 nitrogen and oxygen atoms in total. The Morgan fingerprint density at radius 2 is 2.16 bits per heavy atom. The molecule has 104 valence electrons. The number of benzene rings is 1. The lowest BCUT2D eigenvalue weighted by Gasteiger charge is -2.31. The van der Waals surface area contributed by atoms with Gasteiger partial charge in [0.2, 0.25) is 10.0 Å². The van der Waals surface area contributed by atoms with Crippen LogP contribution in [0.25, 0.3) is 0 Å². The average molecular weight is 298 g/mol. The van der Waals surface area contributed by atoms with Gasteiger partial charge < -0.3 is 5.73 Å². The van der Waals surface area contributed by atoms with E-state index in [1.807, 2.05) is 6.92 Å². The summed E-state index contributed by atoms with van der Waals surface area (Å²) in [6, 6.07) is 6.39. The van der Waals surface area contributed by atoms with E-state index in [0.717, 1.165) is 12.8 Å². The van der Waals surface area contributed by atoms with Crippen molar-refractivity contribution in [2.24, 2.45) is 11.7 Å². The molecule has 0 saturated heterocycles. The highest BCUT2D eigenvalue weighted by molar-refractivity contribution is 7.89. The van der Waals surface area contributed by atoms with Crippen molar-refractivity contribution in [1.29, 1.82) is 0 Å². The monoisotopic (exact) mass is 298 g/mol. The first-order valence-corrected chi connectivity index (χ1v) is 8.21. The minimum atomic E-state index is -3.50. The standard InChI is InChI=1S/C13H18N2O2S2/c1-9(10-4-2-5-10)15-19(16,17)12-7-3-6-11(8-12)13(14)18/h3,6-10,15H,2,4-5H2,1H3,(H2,14,18). The Balaban J connectivity index is 2.18. The second-order valence-electron chi connectivity index (χ2n) is 4.99. The van der Waals surface area contributed by atoms with Crippen LogP contribution in [0.4, 0.5) is 0 Å². The normalized spacial score (nSPS) is 17.7. The Bertz CT molecular complexity index is 580. The SMILES string of the molecule is CC(NS(=O)(=O)c1cccc(C(N)=S)c1)C1CCC1. The molecule has 1 aliphatic carbocycles. The van der Waals surface area contributed by atoms with Crippen molar-refractivity contribution in [3.05, 3.63) is 29.8 Å². The number of nitrogens with two attached hydrogens (primary N) is 1. The van der Waals surface area contributed by atoms with Crippen molar-refractivity contribution in [3.8, 4) is 0 Å². The Morgan fingerprint density at radius 3 is 2.68 bits per heavy atom. The highest BCUT2D eigenvalue weighted by Crippen LogP contribution is 2.30. The van der Waals surface area contributed by atoms with Crippen molar-refractivity contribution >= 4 is 27.2 Å². The van der Waals surface area contributed by atoms with Crippen molar-refractivity contribution in [3.63, 3.8) is 0 Å². The summed E-state index contributed by atoms with van der Waals surface area (Å²) in [5.41, 5.74) is 6.09. The number of hydrogen-bond donors (Lipinski definition) is 2. The van der Waals surface area contributed by atoms with Gasteiger partial charge in [-0.3, -0.25) is 0 Å². The Labute approximate surface area is 119 Å². The highest BCUT2D eigenvalue weighted by atomic mass is 32.2. The van der Waals surface area contributed by atoms with E-state index in [1.165, 1.54) is 12.5 Å². The van der Waals surface area contributed by atoms with E-state index in [2.05, 4.69) is 4.72 Å². The van der Waals surface area contributed by atoms with E-state index in [1.54, 1.807) is 18.2 Å². The lowest BCUT2D eigenvalue weighted by molar-refractivity contribution is 0.260. The second-order valence-corrected chi connectivity index (χ2v) is 7.15. The first-order chi connectivity index (χ1) is 8.90. The maximum Gasteiger partial charge on any atom is 0.240 e. The van der Waals surface area contributed by atoms with Gasteiger partial charge in [0.15, 0.2) is 0 Å². The van der Waals surface area contributed by atoms with Gasteiger partial charge in [-0.25, -0.2) is 13.1 Å². The number of sulfonamides is 1. The van der Waals surface area contributed by atoms with Crippen LogP contribution in [0.2, 0.25) is 0 Å². The van der Waals surface area contributed by atoms with Crippen LogP contribution in [0.1, 0.15) is 31.7 Å². The third-order valence-electron chi connectivity index (χ3n) is 3.63. The molecule has 0 amide bonds. The molecule has 1 aromatic rings. The zero-order valence-electron chi connectivity index (χ0n) is 10.8. The van der Waals surface area contributed by atoms with Gasteiger partial charge in [0.05, 0.1) is 4.90 Å². The Morgan fingerprint density at radius 1 is 1.47 bits per heavy atom. The summed E-state index contributed by atoms with van der Waals surface area (Å²) in [5, 5.41) is 0. The van der Waals surface area contributed by atoms with Gasteiger partial charge in [0, 0.05) is 11.6 Å². The van der Waals surface area contributed by atoms with E-state index in [-0.39, 0.29) is 15.9 Å². The lowest BCUT2D eigenvalue weighted by atomic mass is 9.81. The lowest BCUT2D eigenvalue weighted by Crippen LogP contribution is -2.40. The van der Waals surface area contributed by atoms with Crippen LogP contribution in [-0.2, 0) is 10.0 Å². The van der Waals surface area contributed by atoms with Crippen LogP contribution in [0.3, 0.4) is 0 Å². The molecule has 1 unspecified atom stereocenters. The maximum atomic E-state index is 12.3. The van der Waals surface area contributed by atoms with Gasteiger partial charge in [-0.1, -0.05) is 30.8 Å². The van der Waals surface area contributed by atoms with Crippen molar-refractivity contribution in [1.82, 2.24) is 4.72 Å². The van der Waals surface area contributed by atoms with Crippen LogP contribution < -0.4 is 10.5 Å². The summed E-state index contributed by atoms with van der Waals surface area (Å²) >= 11 is 4.86. The van der Waals surface area contributed by atoms with E-state index in [0.29, 0.717) is 11.5 Å². The fourth-order valence-electron chi connectivity index (χ4n) is 2.17. The molecule has 19 heavy (non-hydrogen) atoms. The molecular formula is C13H18N2O2S2. The summed E-state index contributed by atoms with van der Waals surface area (Å²) < 4.78 is 27.3. The number of nitrogens with one attached hydrogen (secondary N) is 1. The third kappa shape index (κ3) is 3.32. The second kappa shape index (κ2) is 5.56. The number of hydrogen-bond acceptors (Lipinski definition) is 3. The topological polar surface area (TPSA) is 72.2 Å². The summed E-state index contributed by atoms with van der Waals surface area (Å²) in [5.74, 6) is 0.452. The maximum absolute atomic E-state index is 12.3. The molecule has 1 atom stereocenters. The van der Waals surface area contributed by atoms with Crippen LogP contribution >= 0.6 is 12.2 Å². The van der Waals surface area contributed by atoms with Crippen LogP contribution in [0.5, 0.6) is 0 Å². The van der Waals surface area contributed by atoms with Gasteiger partial charge in [-0.15, -0.1) is 0 Å². The van der Waals surface area contributed by atoms with Crippen LogP contribution in [0.15, 0.2) is 29.2 Å². The van der Waals surface area contributed by atoms with Gasteiger partial charge in [0.1, 0.15) is 4.99 Å². The molecule has 6 heteroatoms. The molecular weight excluding hydrogens is 280 g/mol. The summed E-state index contributed by atoms with van der Waals surface area (Å²) in [6.45, 7) is 1.92. The predicted molar refractivity (Wildman–Crippen MR) is 79.5 cm³/mol. The quantitative estimate of drug-likeness (QED) is 0.813. The fraction of sp³-hybridized carbons (Fsp3) is 0.462. The number of rotatable bonds is 5. The van der Waals surface area contributed by atoms with E-state index < -0.39 is 10.0 Å². The van der Waals surface area contributed by atoms with E-state index in [9.17, 15) is 8.42 Å². The molecule has 0 spiro atoms. The third-order valence-corrected chi connectivity index (χ3v) is 5.42. The number of thiocarbonyl (C=S) groups is 1. The van der Waals surface area contributed by atoms with Crippen molar-refractivity contribution < 1.29 is 8.42 Å². The van der Waals surface area contributed by atoms with Crippen molar-refractivity contribution in [2.75, 3.05) is 0 Å². The zero-order chi connectivity index (χ0) is 14.0. The molecule has 0 aromatic heterocycles. The Hall–Kier alpha value is -0.980. The first-order valence-electron chi connectivity index (χ1n) is 6.32. The fourth-order valence-corrected chi connectivity index (χ4v) is 3.65. The molecule has 3 N–H and O–H groups in total. The minimum absolute atomic E-state index is 0.0350. The molecule has 0 radical (unpaired) electrons. The average Bonchev–Trinajstić information content (AvgIpc) is 2.26. The summed E-state index contributed by atoms with van der Waals surface area (Å²) in [6.07, 6.45) is 3.38. The van der Waals surface area contributed by atoms with E-state index >= 15 is 0 Å². The molecule has 2 rings (SSSR count). The van der Waals surface area contributed by atoms with Gasteiger partial charge in [-0.2, -0.15) is 0 Å². The smallest absolute Gasteiger partial charge is 0.240 e. The predicted octanol–water partition coefficient (Wildman–Crippen LogP) is 1.79. The highest BCUT2D eigenvalue weighted by Gasteiger charge is 2.27. The molecule has 1 saturated carbocycles. The first kappa shape index (κ1) is 14.4. The molecule has 1 aliphatic rings. The van der Waals surface area contributed by atoms with Crippen LogP contribution in [0, 0.1) is 5.92 Å². The zero-order valence-corrected chi connectivity index (χ0v) is 12.4. The minimum Gasteiger partial charge on any atom is -0.389 e. The van der Waals surface area contributed by atoms with Gasteiger partial charge in [-0.05, 0) is 37.8 Å². The summed E-state index contributed by atoms with van der Waals surface area (Å²) in [7, 11) is -3.50. The van der Waals surface area contributed by atoms with Gasteiger partial charge >= 0.3 is 0 Å². The molecule has 1 aromatic carbocycles. The molecule has 0 heterocycles. The summed E-state index contributed by atoms with van der Waals surface area (Å²) in [4.78, 5) is 0.410. The largest absolute Gasteiger partial charge is 0.389 e. The van der Waals surface area contributed by atoms with E-state index in [4.69, 9.17) is 18.0 Å². The molecule has 0 bridgehead atoms. The molecule has 0 aliphatic heterocycles. The Kier molecular flexibility index (Phi) is 4.23. The van der Waals surface area contributed by atoms with Gasteiger partial charge in [0.25, 0.3) is 0 Å². The molecule has 1 fully saturated rings.